The molecule has 0 spiro atoms. The zero-order valence-electron chi connectivity index (χ0n) is 7.98. The first-order chi connectivity index (χ1) is 5.10. The second-order valence-electron chi connectivity index (χ2n) is 3.50. The van der Waals surface area contributed by atoms with Gasteiger partial charge in [-0.3, -0.25) is 0 Å². The normalized spacial score (nSPS) is 19.4. The fraction of sp³-hybridized carbons (Fsp3) is 1.00. The first-order valence-corrected chi connectivity index (χ1v) is 5.27. The Balaban J connectivity index is 4.00. The third kappa shape index (κ3) is 3.12. The van der Waals surface area contributed by atoms with E-state index in [0.717, 1.165) is 11.9 Å². The van der Waals surface area contributed by atoms with Crippen LogP contribution in [0.5, 0.6) is 0 Å². The van der Waals surface area contributed by atoms with Crippen LogP contribution < -0.4 is 0 Å². The van der Waals surface area contributed by atoms with Crippen molar-refractivity contribution in [2.24, 2.45) is 11.3 Å². The smallest absolute Gasteiger partial charge is 0.0493 e. The number of methoxy groups -OCH3 is 1. The summed E-state index contributed by atoms with van der Waals surface area (Å²) in [5, 5.41) is 1.06. The Morgan fingerprint density at radius 1 is 1.55 bits per heavy atom. The molecule has 0 aliphatic heterocycles. The molecule has 0 saturated carbocycles. The van der Waals surface area contributed by atoms with Gasteiger partial charge in [-0.1, -0.05) is 36.7 Å². The lowest BCUT2D eigenvalue weighted by Crippen LogP contribution is -2.29. The molecular formula is C9H19BrO. The summed E-state index contributed by atoms with van der Waals surface area (Å²) in [4.78, 5) is 0. The Hall–Kier alpha value is 0.440. The zero-order valence-corrected chi connectivity index (χ0v) is 9.57. The van der Waals surface area contributed by atoms with Crippen LogP contribution in [0.1, 0.15) is 27.2 Å². The molecule has 0 aromatic carbocycles. The van der Waals surface area contributed by atoms with Crippen molar-refractivity contribution in [2.75, 3.05) is 19.0 Å². The number of hydrogen-bond donors (Lipinski definition) is 0. The van der Waals surface area contributed by atoms with Crippen LogP contribution in [0.3, 0.4) is 0 Å². The van der Waals surface area contributed by atoms with Gasteiger partial charge in [0, 0.05) is 19.0 Å². The lowest BCUT2D eigenvalue weighted by Gasteiger charge is -2.32. The van der Waals surface area contributed by atoms with Gasteiger partial charge in [0.2, 0.25) is 0 Å². The van der Waals surface area contributed by atoms with E-state index in [0.29, 0.717) is 11.3 Å². The highest BCUT2D eigenvalue weighted by molar-refractivity contribution is 9.09. The number of ether oxygens (including phenoxy) is 1. The van der Waals surface area contributed by atoms with E-state index in [1.54, 1.807) is 7.11 Å². The van der Waals surface area contributed by atoms with E-state index in [2.05, 4.69) is 36.7 Å². The van der Waals surface area contributed by atoms with Crippen molar-refractivity contribution >= 4 is 15.9 Å². The zero-order chi connectivity index (χ0) is 8.91. The molecule has 1 nitrogen and oxygen atoms in total. The van der Waals surface area contributed by atoms with Gasteiger partial charge in [-0.2, -0.15) is 0 Å². The highest BCUT2D eigenvalue weighted by Crippen LogP contribution is 2.32. The minimum absolute atomic E-state index is 0.385. The van der Waals surface area contributed by atoms with Gasteiger partial charge in [0.05, 0.1) is 0 Å². The Labute approximate surface area is 78.6 Å². The third-order valence-electron chi connectivity index (χ3n) is 2.72. The van der Waals surface area contributed by atoms with Gasteiger partial charge in [-0.25, -0.2) is 0 Å². The predicted octanol–water partition coefficient (Wildman–Crippen LogP) is 3.08. The van der Waals surface area contributed by atoms with Crippen molar-refractivity contribution in [2.45, 2.75) is 27.2 Å². The van der Waals surface area contributed by atoms with E-state index in [1.165, 1.54) is 6.42 Å². The van der Waals surface area contributed by atoms with E-state index in [1.807, 2.05) is 0 Å². The minimum Gasteiger partial charge on any atom is -0.384 e. The monoisotopic (exact) mass is 222 g/mol. The summed E-state index contributed by atoms with van der Waals surface area (Å²) in [7, 11) is 1.76. The Kier molecular flexibility index (Phi) is 5.36. The molecule has 0 heterocycles. The molecule has 0 aliphatic carbocycles. The molecule has 0 N–H and O–H groups in total. The second-order valence-corrected chi connectivity index (χ2v) is 4.06. The lowest BCUT2D eigenvalue weighted by molar-refractivity contribution is 0.0925. The van der Waals surface area contributed by atoms with E-state index in [4.69, 9.17) is 4.74 Å². The van der Waals surface area contributed by atoms with Crippen LogP contribution in [-0.4, -0.2) is 19.0 Å². The summed E-state index contributed by atoms with van der Waals surface area (Å²) in [6.07, 6.45) is 1.20. The number of rotatable bonds is 5. The van der Waals surface area contributed by atoms with E-state index in [9.17, 15) is 0 Å². The fourth-order valence-corrected chi connectivity index (χ4v) is 1.98. The Morgan fingerprint density at radius 3 is 2.36 bits per heavy atom. The van der Waals surface area contributed by atoms with Crippen LogP contribution in [0.4, 0.5) is 0 Å². The molecule has 0 amide bonds. The topological polar surface area (TPSA) is 9.23 Å². The number of halogens is 1. The second kappa shape index (κ2) is 5.15. The average molecular weight is 223 g/mol. The first kappa shape index (κ1) is 11.4. The maximum Gasteiger partial charge on any atom is 0.0493 e. The van der Waals surface area contributed by atoms with Crippen molar-refractivity contribution < 1.29 is 4.74 Å². The molecule has 0 saturated heterocycles. The quantitative estimate of drug-likeness (QED) is 0.651. The van der Waals surface area contributed by atoms with Crippen LogP contribution in [-0.2, 0) is 4.74 Å². The summed E-state index contributed by atoms with van der Waals surface area (Å²) < 4.78 is 5.13. The molecule has 0 radical (unpaired) electrons. The molecule has 11 heavy (non-hydrogen) atoms. The van der Waals surface area contributed by atoms with Crippen LogP contribution in [0.2, 0.25) is 0 Å². The van der Waals surface area contributed by atoms with Gasteiger partial charge in [-0.15, -0.1) is 0 Å². The van der Waals surface area contributed by atoms with Gasteiger partial charge in [0.1, 0.15) is 0 Å². The van der Waals surface area contributed by atoms with Gasteiger partial charge >= 0.3 is 0 Å². The van der Waals surface area contributed by atoms with E-state index < -0.39 is 0 Å². The van der Waals surface area contributed by atoms with Crippen LogP contribution >= 0.6 is 15.9 Å². The summed E-state index contributed by atoms with van der Waals surface area (Å²) in [6, 6.07) is 0. The summed E-state index contributed by atoms with van der Waals surface area (Å²) >= 11 is 3.55. The van der Waals surface area contributed by atoms with Gasteiger partial charge < -0.3 is 4.74 Å². The summed E-state index contributed by atoms with van der Waals surface area (Å²) in [6.45, 7) is 7.63. The first-order valence-electron chi connectivity index (χ1n) is 4.15. The van der Waals surface area contributed by atoms with Crippen molar-refractivity contribution in [3.8, 4) is 0 Å². The van der Waals surface area contributed by atoms with Crippen LogP contribution in [0, 0.1) is 11.3 Å². The van der Waals surface area contributed by atoms with E-state index >= 15 is 0 Å². The van der Waals surface area contributed by atoms with Crippen LogP contribution in [0.15, 0.2) is 0 Å². The maximum absolute atomic E-state index is 5.13. The lowest BCUT2D eigenvalue weighted by atomic mass is 9.78. The molecule has 2 heteroatoms. The maximum atomic E-state index is 5.13. The van der Waals surface area contributed by atoms with Crippen molar-refractivity contribution in [3.05, 3.63) is 0 Å². The third-order valence-corrected chi connectivity index (χ3v) is 4.00. The molecule has 0 bridgehead atoms. The van der Waals surface area contributed by atoms with Crippen molar-refractivity contribution in [1.29, 1.82) is 0 Å². The molecule has 0 aromatic heterocycles. The summed E-state index contributed by atoms with van der Waals surface area (Å²) in [5.74, 6) is 0.622. The largest absolute Gasteiger partial charge is 0.384 e. The predicted molar refractivity (Wildman–Crippen MR) is 53.2 cm³/mol. The van der Waals surface area contributed by atoms with Crippen molar-refractivity contribution in [1.82, 2.24) is 0 Å². The highest BCUT2D eigenvalue weighted by Gasteiger charge is 2.27. The molecular weight excluding hydrogens is 204 g/mol. The SMILES string of the molecule is CCC(C)(CBr)C(C)COC. The van der Waals surface area contributed by atoms with Crippen LogP contribution in [0.25, 0.3) is 0 Å². The van der Waals surface area contributed by atoms with Gasteiger partial charge in [0.15, 0.2) is 0 Å². The van der Waals surface area contributed by atoms with Gasteiger partial charge in [-0.05, 0) is 17.8 Å². The standard InChI is InChI=1S/C9H19BrO/c1-5-9(3,7-10)8(2)6-11-4/h8H,5-7H2,1-4H3. The molecule has 0 aliphatic rings. The number of alkyl halides is 1. The van der Waals surface area contributed by atoms with Gasteiger partial charge in [0.25, 0.3) is 0 Å². The van der Waals surface area contributed by atoms with E-state index in [-0.39, 0.29) is 0 Å². The average Bonchev–Trinajstić information content (AvgIpc) is 2.03. The Morgan fingerprint density at radius 2 is 2.09 bits per heavy atom. The highest BCUT2D eigenvalue weighted by atomic mass is 79.9. The molecule has 2 atom stereocenters. The molecule has 68 valence electrons. The molecule has 0 fully saturated rings. The molecule has 2 unspecified atom stereocenters. The molecule has 0 rings (SSSR count). The fourth-order valence-electron chi connectivity index (χ4n) is 1.03. The van der Waals surface area contributed by atoms with Crippen molar-refractivity contribution in [3.63, 3.8) is 0 Å². The number of hydrogen-bond acceptors (Lipinski definition) is 1. The minimum atomic E-state index is 0.385. The summed E-state index contributed by atoms with van der Waals surface area (Å²) in [5.41, 5.74) is 0.385. The Bertz CT molecular complexity index is 99.7. The molecule has 0 aromatic rings.